The summed E-state index contributed by atoms with van der Waals surface area (Å²) in [6.07, 6.45) is 1.62. The van der Waals surface area contributed by atoms with E-state index in [4.69, 9.17) is 9.47 Å². The number of nitrogens with zero attached hydrogens (tertiary/aromatic N) is 1. The van der Waals surface area contributed by atoms with Gasteiger partial charge >= 0.3 is 6.09 Å². The Labute approximate surface area is 191 Å². The molecule has 172 valence electrons. The van der Waals surface area contributed by atoms with Crippen LogP contribution in [0.5, 0.6) is 5.75 Å². The van der Waals surface area contributed by atoms with Gasteiger partial charge in [-0.05, 0) is 63.1 Å². The number of aromatic nitrogens is 1. The molecule has 2 heterocycles. The molecule has 0 spiro atoms. The number of aromatic amines is 1. The molecule has 1 aliphatic rings. The number of hydrogen-bond donors (Lipinski definition) is 2. The number of nitrogens with one attached hydrogen (secondary N) is 2. The number of benzene rings is 2. The molecule has 0 radical (unpaired) electrons. The second-order valence-corrected chi connectivity index (χ2v) is 9.04. The molecule has 3 aromatic rings. The number of ether oxygens (including phenoxy) is 2. The lowest BCUT2D eigenvalue weighted by Crippen LogP contribution is -2.48. The maximum absolute atomic E-state index is 12.9. The van der Waals surface area contributed by atoms with Crippen molar-refractivity contribution in [3.8, 4) is 5.75 Å². The highest BCUT2D eigenvalue weighted by atomic mass is 16.6. The number of methoxy groups -OCH3 is 1. The molecular weight excluding hydrogens is 422 g/mol. The van der Waals surface area contributed by atoms with Crippen molar-refractivity contribution in [1.82, 2.24) is 15.2 Å². The summed E-state index contributed by atoms with van der Waals surface area (Å²) < 4.78 is 10.8. The van der Waals surface area contributed by atoms with Gasteiger partial charge in [-0.3, -0.25) is 14.5 Å². The van der Waals surface area contributed by atoms with Gasteiger partial charge in [-0.2, -0.15) is 0 Å². The van der Waals surface area contributed by atoms with Crippen molar-refractivity contribution in [2.45, 2.75) is 38.8 Å². The number of rotatable bonds is 6. The maximum atomic E-state index is 12.9. The lowest BCUT2D eigenvalue weighted by molar-refractivity contribution is 0.0468. The number of H-pyrrole nitrogens is 1. The SMILES string of the molecule is COc1ccc2[nH]cc(CC(CN3C(=O)c4ccccc4C3=O)NC(=O)OC(C)(C)C)c2c1. The average Bonchev–Trinajstić information content (AvgIpc) is 3.26. The van der Waals surface area contributed by atoms with Crippen molar-refractivity contribution in [2.24, 2.45) is 0 Å². The summed E-state index contributed by atoms with van der Waals surface area (Å²) in [4.78, 5) is 42.8. The molecule has 2 aromatic carbocycles. The van der Waals surface area contributed by atoms with Gasteiger partial charge in [0.1, 0.15) is 11.4 Å². The van der Waals surface area contributed by atoms with Crippen LogP contribution in [0.15, 0.2) is 48.7 Å². The fourth-order valence-corrected chi connectivity index (χ4v) is 3.98. The molecule has 33 heavy (non-hydrogen) atoms. The third-order valence-corrected chi connectivity index (χ3v) is 5.44. The molecule has 3 amide bonds. The molecule has 2 N–H and O–H groups in total. The first-order valence-corrected chi connectivity index (χ1v) is 10.7. The van der Waals surface area contributed by atoms with E-state index in [0.717, 1.165) is 16.5 Å². The minimum Gasteiger partial charge on any atom is -0.497 e. The van der Waals surface area contributed by atoms with Gasteiger partial charge in [0.05, 0.1) is 30.8 Å². The van der Waals surface area contributed by atoms with E-state index < -0.39 is 17.7 Å². The number of fused-ring (bicyclic) bond motifs is 2. The molecule has 8 nitrogen and oxygen atoms in total. The Balaban J connectivity index is 1.61. The van der Waals surface area contributed by atoms with Gasteiger partial charge in [0.25, 0.3) is 11.8 Å². The second-order valence-electron chi connectivity index (χ2n) is 9.04. The number of alkyl carbamates (subject to hydrolysis) is 1. The van der Waals surface area contributed by atoms with Crippen LogP contribution in [0, 0.1) is 0 Å². The van der Waals surface area contributed by atoms with Gasteiger partial charge < -0.3 is 19.8 Å². The molecular formula is C25H27N3O5. The van der Waals surface area contributed by atoms with Gasteiger partial charge in [0.2, 0.25) is 0 Å². The highest BCUT2D eigenvalue weighted by Gasteiger charge is 2.37. The number of amides is 3. The monoisotopic (exact) mass is 449 g/mol. The third kappa shape index (κ3) is 4.69. The van der Waals surface area contributed by atoms with E-state index in [1.54, 1.807) is 52.1 Å². The van der Waals surface area contributed by atoms with E-state index in [1.165, 1.54) is 4.90 Å². The number of carbonyl (C=O) groups excluding carboxylic acids is 3. The van der Waals surface area contributed by atoms with E-state index in [9.17, 15) is 14.4 Å². The lowest BCUT2D eigenvalue weighted by atomic mass is 10.0. The summed E-state index contributed by atoms with van der Waals surface area (Å²) in [5, 5.41) is 3.79. The van der Waals surface area contributed by atoms with Crippen LogP contribution in [0.1, 0.15) is 47.1 Å². The summed E-state index contributed by atoms with van der Waals surface area (Å²) in [6, 6.07) is 11.8. The van der Waals surface area contributed by atoms with Gasteiger partial charge in [0, 0.05) is 17.1 Å². The van der Waals surface area contributed by atoms with Crippen LogP contribution >= 0.6 is 0 Å². The smallest absolute Gasteiger partial charge is 0.407 e. The zero-order chi connectivity index (χ0) is 23.8. The van der Waals surface area contributed by atoms with Crippen LogP contribution in [-0.2, 0) is 11.2 Å². The predicted molar refractivity (Wildman–Crippen MR) is 124 cm³/mol. The minimum absolute atomic E-state index is 0.0161. The topological polar surface area (TPSA) is 101 Å². The van der Waals surface area contributed by atoms with Crippen LogP contribution in [-0.4, -0.2) is 53.1 Å². The minimum atomic E-state index is -0.682. The van der Waals surface area contributed by atoms with Crippen molar-refractivity contribution >= 4 is 28.8 Å². The highest BCUT2D eigenvalue weighted by molar-refractivity contribution is 6.21. The van der Waals surface area contributed by atoms with Gasteiger partial charge in [-0.15, -0.1) is 0 Å². The van der Waals surface area contributed by atoms with Crippen molar-refractivity contribution in [3.63, 3.8) is 0 Å². The van der Waals surface area contributed by atoms with Crippen LogP contribution in [0.3, 0.4) is 0 Å². The highest BCUT2D eigenvalue weighted by Crippen LogP contribution is 2.26. The molecule has 0 aliphatic carbocycles. The Morgan fingerprint density at radius 2 is 1.76 bits per heavy atom. The summed E-state index contributed by atoms with van der Waals surface area (Å²) >= 11 is 0. The number of hydrogen-bond acceptors (Lipinski definition) is 5. The molecule has 1 unspecified atom stereocenters. The van der Waals surface area contributed by atoms with Crippen molar-refractivity contribution in [2.75, 3.05) is 13.7 Å². The molecule has 0 fully saturated rings. The normalized spacial score (nSPS) is 14.4. The molecule has 8 heteroatoms. The largest absolute Gasteiger partial charge is 0.497 e. The Hall–Kier alpha value is -3.81. The summed E-state index contributed by atoms with van der Waals surface area (Å²) in [5.41, 5.74) is 1.90. The second kappa shape index (κ2) is 8.61. The molecule has 1 aromatic heterocycles. The zero-order valence-corrected chi connectivity index (χ0v) is 19.1. The Morgan fingerprint density at radius 1 is 1.09 bits per heavy atom. The maximum Gasteiger partial charge on any atom is 0.407 e. The average molecular weight is 450 g/mol. The first-order chi connectivity index (χ1) is 15.7. The van der Waals surface area contributed by atoms with E-state index >= 15 is 0 Å². The van der Waals surface area contributed by atoms with Crippen molar-refractivity contribution < 1.29 is 23.9 Å². The molecule has 0 saturated heterocycles. The zero-order valence-electron chi connectivity index (χ0n) is 19.1. The predicted octanol–water partition coefficient (Wildman–Crippen LogP) is 3.91. The van der Waals surface area contributed by atoms with Gasteiger partial charge in [-0.25, -0.2) is 4.79 Å². The van der Waals surface area contributed by atoms with Crippen molar-refractivity contribution in [1.29, 1.82) is 0 Å². The molecule has 0 saturated carbocycles. The Kier molecular flexibility index (Phi) is 5.84. The van der Waals surface area contributed by atoms with Gasteiger partial charge in [0.15, 0.2) is 0 Å². The lowest BCUT2D eigenvalue weighted by Gasteiger charge is -2.26. The Morgan fingerprint density at radius 3 is 2.36 bits per heavy atom. The summed E-state index contributed by atoms with van der Waals surface area (Å²) in [5.74, 6) is -0.0280. The first kappa shape index (κ1) is 22.4. The van der Waals surface area contributed by atoms with Crippen LogP contribution in [0.25, 0.3) is 10.9 Å². The summed E-state index contributed by atoms with van der Waals surface area (Å²) in [6.45, 7) is 5.34. The molecule has 1 atom stereocenters. The van der Waals surface area contributed by atoms with E-state index in [2.05, 4.69) is 10.3 Å². The van der Waals surface area contributed by atoms with Gasteiger partial charge in [-0.1, -0.05) is 12.1 Å². The fraction of sp³-hybridized carbons (Fsp3) is 0.320. The summed E-state index contributed by atoms with van der Waals surface area (Å²) in [7, 11) is 1.60. The molecule has 0 bridgehead atoms. The van der Waals surface area contributed by atoms with Crippen molar-refractivity contribution in [3.05, 3.63) is 65.4 Å². The quantitative estimate of drug-likeness (QED) is 0.556. The van der Waals surface area contributed by atoms with Crippen LogP contribution in [0.4, 0.5) is 4.79 Å². The Bertz CT molecular complexity index is 1190. The number of imide groups is 1. The van der Waals surface area contributed by atoms with Crippen LogP contribution in [0.2, 0.25) is 0 Å². The molecule has 1 aliphatic heterocycles. The van der Waals surface area contributed by atoms with E-state index in [-0.39, 0.29) is 18.4 Å². The third-order valence-electron chi connectivity index (χ3n) is 5.44. The van der Waals surface area contributed by atoms with E-state index in [0.29, 0.717) is 23.3 Å². The van der Waals surface area contributed by atoms with E-state index in [1.807, 2.05) is 24.4 Å². The molecule has 4 rings (SSSR count). The number of carbonyl (C=O) groups is 3. The standard InChI is InChI=1S/C25H27N3O5/c1-25(2,3)33-24(31)27-16(11-15-13-26-21-10-9-17(32-4)12-20(15)21)14-28-22(29)18-7-5-6-8-19(18)23(28)30/h5-10,12-13,16,26H,11,14H2,1-4H3,(H,27,31). The van der Waals surface area contributed by atoms with Crippen LogP contribution < -0.4 is 10.1 Å². The first-order valence-electron chi connectivity index (χ1n) is 10.7. The fourth-order valence-electron chi connectivity index (χ4n) is 3.98.